The summed E-state index contributed by atoms with van der Waals surface area (Å²) in [5.74, 6) is 0. The van der Waals surface area contributed by atoms with Gasteiger partial charge in [0, 0.05) is 0 Å². The van der Waals surface area contributed by atoms with E-state index in [4.69, 9.17) is 0 Å². The second-order valence-corrected chi connectivity index (χ2v) is 6.11. The van der Waals surface area contributed by atoms with Crippen LogP contribution in [-0.4, -0.2) is 15.8 Å². The first-order valence-corrected chi connectivity index (χ1v) is 8.20. The summed E-state index contributed by atoms with van der Waals surface area (Å²) in [4.78, 5) is 0. The Morgan fingerprint density at radius 1 is 0.600 bits per heavy atom. The quantitative estimate of drug-likeness (QED) is 0.740. The Morgan fingerprint density at radius 3 is 1.40 bits per heavy atom. The Morgan fingerprint density at radius 2 is 1.00 bits per heavy atom. The van der Waals surface area contributed by atoms with Crippen LogP contribution in [0, 0.1) is 0 Å². The monoisotopic (exact) mass is 258 g/mol. The molecule has 0 saturated carbocycles. The van der Waals surface area contributed by atoms with Gasteiger partial charge in [0.15, 0.2) is 0 Å². The molecule has 0 aliphatic heterocycles. The van der Waals surface area contributed by atoms with Crippen molar-refractivity contribution in [1.29, 1.82) is 0 Å². The Balaban J connectivity index is 1.81. The third kappa shape index (κ3) is 3.57. The van der Waals surface area contributed by atoms with Gasteiger partial charge in [0.05, 0.1) is 0 Å². The van der Waals surface area contributed by atoms with Gasteiger partial charge in [-0.25, -0.2) is 0 Å². The normalized spacial score (nSPS) is 10.1. The van der Waals surface area contributed by atoms with Gasteiger partial charge in [-0.1, -0.05) is 0 Å². The summed E-state index contributed by atoms with van der Waals surface area (Å²) in [7, 11) is 0. The van der Waals surface area contributed by atoms with Gasteiger partial charge in [-0.15, -0.1) is 0 Å². The molecule has 0 unspecified atom stereocenters. The zero-order chi connectivity index (χ0) is 10.3. The van der Waals surface area contributed by atoms with Crippen molar-refractivity contribution in [3.63, 3.8) is 0 Å². The molecule has 2 aromatic carbocycles. The first-order chi connectivity index (χ1) is 7.45. The van der Waals surface area contributed by atoms with Crippen molar-refractivity contribution in [2.45, 2.75) is 10.4 Å². The Bertz CT molecular complexity index is 341. The molecule has 0 fully saturated rings. The molecule has 0 aliphatic carbocycles. The zero-order valence-corrected chi connectivity index (χ0v) is 10.8. The molecule has 0 nitrogen and oxygen atoms in total. The molecule has 0 amide bonds. The van der Waals surface area contributed by atoms with Crippen molar-refractivity contribution in [2.75, 3.05) is 0 Å². The average molecular weight is 258 g/mol. The number of hydrogen-bond donors (Lipinski definition) is 0. The van der Waals surface area contributed by atoms with Crippen LogP contribution >= 0.6 is 0 Å². The molecule has 0 N–H and O–H groups in total. The fourth-order valence-corrected chi connectivity index (χ4v) is 4.01. The molecule has 15 heavy (non-hydrogen) atoms. The fraction of sp³-hybridized carbons (Fsp3) is 0.143. The number of hydrogen-bond acceptors (Lipinski definition) is 0. The van der Waals surface area contributed by atoms with Gasteiger partial charge in [0.25, 0.3) is 0 Å². The van der Waals surface area contributed by atoms with Gasteiger partial charge in [-0.05, 0) is 0 Å². The standard InChI is InChI=1S/C14H15As/c1-3-7-13(8-4-1)11-15-12-14-9-5-2-6-10-14/h1-10,15H,11-12H2. The molecule has 1 heteroatoms. The number of benzene rings is 2. The van der Waals surface area contributed by atoms with Crippen LogP contribution in [0.2, 0.25) is 0 Å². The molecule has 2 rings (SSSR count). The second-order valence-electron chi connectivity index (χ2n) is 3.57. The summed E-state index contributed by atoms with van der Waals surface area (Å²) < 4.78 is 0. The molecule has 0 saturated heterocycles. The zero-order valence-electron chi connectivity index (χ0n) is 8.69. The molecular formula is C14H15As. The van der Waals surface area contributed by atoms with Crippen molar-refractivity contribution >= 4 is 15.8 Å². The molecule has 0 bridgehead atoms. The van der Waals surface area contributed by atoms with E-state index in [2.05, 4.69) is 60.7 Å². The summed E-state index contributed by atoms with van der Waals surface area (Å²) in [6, 6.07) is 21.6. The van der Waals surface area contributed by atoms with E-state index in [1.54, 1.807) is 0 Å². The Labute approximate surface area is 98.0 Å². The van der Waals surface area contributed by atoms with Crippen molar-refractivity contribution in [3.05, 3.63) is 71.8 Å². The Kier molecular flexibility index (Phi) is 4.05. The molecular weight excluding hydrogens is 243 g/mol. The maximum atomic E-state index is 2.23. The van der Waals surface area contributed by atoms with Crippen LogP contribution in [0.15, 0.2) is 60.7 Å². The number of rotatable bonds is 4. The van der Waals surface area contributed by atoms with E-state index in [1.165, 1.54) is 21.5 Å². The molecule has 0 aromatic heterocycles. The molecule has 0 aliphatic rings. The van der Waals surface area contributed by atoms with Crippen LogP contribution in [0.4, 0.5) is 0 Å². The summed E-state index contributed by atoms with van der Waals surface area (Å²) in [6.45, 7) is 0. The van der Waals surface area contributed by atoms with Gasteiger partial charge in [-0.3, -0.25) is 0 Å². The maximum absolute atomic E-state index is 2.23. The van der Waals surface area contributed by atoms with Crippen molar-refractivity contribution < 1.29 is 0 Å². The van der Waals surface area contributed by atoms with Gasteiger partial charge in [-0.2, -0.15) is 0 Å². The van der Waals surface area contributed by atoms with Crippen molar-refractivity contribution in [3.8, 4) is 0 Å². The van der Waals surface area contributed by atoms with E-state index in [9.17, 15) is 0 Å². The van der Waals surface area contributed by atoms with E-state index in [1.807, 2.05) is 0 Å². The molecule has 0 heterocycles. The van der Waals surface area contributed by atoms with Gasteiger partial charge < -0.3 is 0 Å². The third-order valence-electron chi connectivity index (χ3n) is 2.34. The predicted molar refractivity (Wildman–Crippen MR) is 67.4 cm³/mol. The second kappa shape index (κ2) is 5.78. The van der Waals surface area contributed by atoms with E-state index >= 15 is 0 Å². The van der Waals surface area contributed by atoms with Crippen LogP contribution in [0.3, 0.4) is 0 Å². The molecule has 0 radical (unpaired) electrons. The fourth-order valence-electron chi connectivity index (χ4n) is 1.54. The molecule has 76 valence electrons. The molecule has 0 spiro atoms. The van der Waals surface area contributed by atoms with Crippen LogP contribution < -0.4 is 0 Å². The van der Waals surface area contributed by atoms with Gasteiger partial charge in [0.1, 0.15) is 0 Å². The first kappa shape index (κ1) is 10.5. The van der Waals surface area contributed by atoms with E-state index in [-0.39, 0.29) is 15.8 Å². The van der Waals surface area contributed by atoms with Crippen molar-refractivity contribution in [1.82, 2.24) is 0 Å². The van der Waals surface area contributed by atoms with Gasteiger partial charge in [0.2, 0.25) is 0 Å². The minimum absolute atomic E-state index is 0.136. The van der Waals surface area contributed by atoms with Crippen LogP contribution in [0.1, 0.15) is 11.1 Å². The van der Waals surface area contributed by atoms with Crippen LogP contribution in [-0.2, 0) is 10.4 Å². The van der Waals surface area contributed by atoms with Crippen molar-refractivity contribution in [2.24, 2.45) is 0 Å². The Hall–Kier alpha value is -1.00. The summed E-state index contributed by atoms with van der Waals surface area (Å²) in [6.07, 6.45) is 0. The summed E-state index contributed by atoms with van der Waals surface area (Å²) in [5.41, 5.74) is 2.99. The van der Waals surface area contributed by atoms with Gasteiger partial charge >= 0.3 is 98.0 Å². The van der Waals surface area contributed by atoms with Crippen LogP contribution in [0.25, 0.3) is 0 Å². The third-order valence-corrected chi connectivity index (χ3v) is 5.11. The van der Waals surface area contributed by atoms with Crippen LogP contribution in [0.5, 0.6) is 0 Å². The average Bonchev–Trinajstić information content (AvgIpc) is 2.32. The summed E-state index contributed by atoms with van der Waals surface area (Å²) >= 11 is 0.136. The van der Waals surface area contributed by atoms with E-state index < -0.39 is 0 Å². The predicted octanol–water partition coefficient (Wildman–Crippen LogP) is 2.82. The SMILES string of the molecule is c1ccc(C[AsH]Cc2ccccc2)cc1. The molecule has 0 atom stereocenters. The minimum atomic E-state index is 0.136. The summed E-state index contributed by atoms with van der Waals surface area (Å²) in [5, 5.41) is 2.60. The first-order valence-electron chi connectivity index (χ1n) is 5.24. The van der Waals surface area contributed by atoms with E-state index in [0.29, 0.717) is 0 Å². The topological polar surface area (TPSA) is 0 Å². The molecule has 2 aromatic rings. The van der Waals surface area contributed by atoms with E-state index in [0.717, 1.165) is 0 Å².